The number of anilines is 1. The van der Waals surface area contributed by atoms with Crippen LogP contribution in [0.4, 0.5) is 10.5 Å². The molecule has 0 bridgehead atoms. The quantitative estimate of drug-likeness (QED) is 0.324. The summed E-state index contributed by atoms with van der Waals surface area (Å²) in [5, 5.41) is 24.4. The van der Waals surface area contributed by atoms with Crippen LogP contribution in [0.15, 0.2) is 66.3 Å². The first kappa shape index (κ1) is 25.8. The zero-order valence-corrected chi connectivity index (χ0v) is 20.9. The molecule has 0 aliphatic carbocycles. The van der Waals surface area contributed by atoms with E-state index in [0.717, 1.165) is 16.7 Å². The number of amides is 1. The van der Waals surface area contributed by atoms with Gasteiger partial charge in [0.15, 0.2) is 6.29 Å². The fraction of sp³-hybridized carbons (Fsp3) is 0.360. The Morgan fingerprint density at radius 2 is 1.92 bits per heavy atom. The molecule has 1 aliphatic rings. The Balaban J connectivity index is 1.52. The maximum absolute atomic E-state index is 11.8. The van der Waals surface area contributed by atoms with Crippen LogP contribution in [0.25, 0.3) is 0 Å². The molecule has 11 heteroatoms. The molecule has 1 fully saturated rings. The first-order valence-corrected chi connectivity index (χ1v) is 12.5. The Kier molecular flexibility index (Phi) is 8.70. The molecular weight excluding hydrogens is 482 g/mol. The van der Waals surface area contributed by atoms with Crippen LogP contribution in [-0.2, 0) is 27.9 Å². The Morgan fingerprint density at radius 3 is 2.56 bits per heavy atom. The first-order valence-electron chi connectivity index (χ1n) is 11.5. The second-order valence-corrected chi connectivity index (χ2v) is 9.34. The lowest BCUT2D eigenvalue weighted by Gasteiger charge is -2.41. The molecule has 3 aromatic rings. The van der Waals surface area contributed by atoms with Gasteiger partial charge in [0.25, 0.3) is 0 Å². The van der Waals surface area contributed by atoms with Crippen molar-refractivity contribution in [3.8, 4) is 0 Å². The van der Waals surface area contributed by atoms with Crippen molar-refractivity contribution in [2.24, 2.45) is 13.0 Å². The zero-order valence-electron chi connectivity index (χ0n) is 20.1. The normalized spacial score (nSPS) is 21.6. The van der Waals surface area contributed by atoms with Gasteiger partial charge in [0.2, 0.25) is 5.16 Å². The number of hydrogen-bond acceptors (Lipinski definition) is 9. The number of hydrogen-bond donors (Lipinski definition) is 2. The average Bonchev–Trinajstić information content (AvgIpc) is 3.32. The number of ether oxygens (including phenoxy) is 3. The van der Waals surface area contributed by atoms with E-state index in [-0.39, 0.29) is 31.3 Å². The summed E-state index contributed by atoms with van der Waals surface area (Å²) in [4.78, 5) is 11.8. The highest BCUT2D eigenvalue weighted by Gasteiger charge is 2.38. The Bertz CT molecular complexity index is 1150. The van der Waals surface area contributed by atoms with Crippen LogP contribution in [-0.4, -0.2) is 49.9 Å². The number of thioether (sulfide) groups is 1. The molecule has 2 aromatic carbocycles. The van der Waals surface area contributed by atoms with Gasteiger partial charge in [0.05, 0.1) is 18.8 Å². The molecule has 0 unspecified atom stereocenters. The van der Waals surface area contributed by atoms with Crippen molar-refractivity contribution in [3.05, 3.63) is 77.9 Å². The van der Waals surface area contributed by atoms with Gasteiger partial charge in [0.1, 0.15) is 6.61 Å². The third-order valence-electron chi connectivity index (χ3n) is 5.84. The fourth-order valence-corrected chi connectivity index (χ4v) is 4.84. The van der Waals surface area contributed by atoms with E-state index in [4.69, 9.17) is 14.2 Å². The largest absolute Gasteiger partial charge is 0.445 e. The number of aliphatic hydroxyl groups is 1. The van der Waals surface area contributed by atoms with Crippen LogP contribution >= 0.6 is 11.8 Å². The monoisotopic (exact) mass is 511 g/mol. The van der Waals surface area contributed by atoms with Gasteiger partial charge in [-0.25, -0.2) is 9.48 Å². The van der Waals surface area contributed by atoms with Gasteiger partial charge >= 0.3 is 6.09 Å². The van der Waals surface area contributed by atoms with E-state index in [9.17, 15) is 9.90 Å². The van der Waals surface area contributed by atoms with Gasteiger partial charge in [-0.3, -0.25) is 5.32 Å². The predicted molar refractivity (Wildman–Crippen MR) is 134 cm³/mol. The minimum atomic E-state index is -0.617. The van der Waals surface area contributed by atoms with Gasteiger partial charge in [-0.2, -0.15) is 0 Å². The third kappa shape index (κ3) is 6.30. The second-order valence-electron chi connectivity index (χ2n) is 8.35. The van der Waals surface area contributed by atoms with Gasteiger partial charge in [-0.15, -0.1) is 5.10 Å². The summed E-state index contributed by atoms with van der Waals surface area (Å²) >= 11 is 1.53. The topological polar surface area (TPSA) is 121 Å². The molecule has 0 saturated carbocycles. The average molecular weight is 512 g/mol. The maximum Gasteiger partial charge on any atom is 0.411 e. The molecule has 1 amide bonds. The lowest BCUT2D eigenvalue weighted by Crippen LogP contribution is -2.38. The van der Waals surface area contributed by atoms with E-state index in [1.54, 1.807) is 23.9 Å². The molecule has 2 heterocycles. The lowest BCUT2D eigenvalue weighted by atomic mass is 9.91. The molecule has 190 valence electrons. The van der Waals surface area contributed by atoms with Crippen molar-refractivity contribution in [1.29, 1.82) is 0 Å². The summed E-state index contributed by atoms with van der Waals surface area (Å²) in [7, 11) is 1.80. The molecule has 36 heavy (non-hydrogen) atoms. The zero-order chi connectivity index (χ0) is 25.5. The number of aromatic nitrogens is 4. The maximum atomic E-state index is 11.8. The summed E-state index contributed by atoms with van der Waals surface area (Å²) in [5.41, 5.74) is 3.26. The van der Waals surface area contributed by atoms with E-state index in [1.165, 1.54) is 17.8 Å². The van der Waals surface area contributed by atoms with Crippen molar-refractivity contribution in [1.82, 2.24) is 20.2 Å². The van der Waals surface area contributed by atoms with Crippen LogP contribution in [0.5, 0.6) is 0 Å². The van der Waals surface area contributed by atoms with Gasteiger partial charge in [-0.05, 0) is 33.7 Å². The predicted octanol–water partition coefficient (Wildman–Crippen LogP) is 4.02. The number of aliphatic hydroxyl groups excluding tert-OH is 1. The highest BCUT2D eigenvalue weighted by Crippen LogP contribution is 2.43. The minimum Gasteiger partial charge on any atom is -0.445 e. The summed E-state index contributed by atoms with van der Waals surface area (Å²) in [5.74, 6) is 0.672. The molecule has 2 N–H and O–H groups in total. The number of rotatable bonds is 9. The number of aryl methyl sites for hydroxylation is 1. The third-order valence-corrected chi connectivity index (χ3v) is 6.94. The number of tetrazole rings is 1. The summed E-state index contributed by atoms with van der Waals surface area (Å²) in [6.45, 7) is 5.75. The van der Waals surface area contributed by atoms with Gasteiger partial charge < -0.3 is 19.3 Å². The van der Waals surface area contributed by atoms with Crippen LogP contribution < -0.4 is 5.32 Å². The van der Waals surface area contributed by atoms with Crippen LogP contribution in [0.3, 0.4) is 0 Å². The molecule has 1 aromatic heterocycles. The van der Waals surface area contributed by atoms with Crippen molar-refractivity contribution in [2.45, 2.75) is 37.2 Å². The van der Waals surface area contributed by atoms with Gasteiger partial charge in [-0.1, -0.05) is 67.7 Å². The SMILES string of the molecule is C=CCOC(=O)Nc1ccc([C@@H]2O[C@H](CSc3nnnn3C)[C@H](C)[C@H](c3ccc(CO)cc3)O2)cc1. The van der Waals surface area contributed by atoms with Gasteiger partial charge in [0, 0.05) is 30.0 Å². The van der Waals surface area contributed by atoms with Crippen molar-refractivity contribution in [3.63, 3.8) is 0 Å². The molecule has 10 nitrogen and oxygen atoms in total. The van der Waals surface area contributed by atoms with E-state index >= 15 is 0 Å². The summed E-state index contributed by atoms with van der Waals surface area (Å²) < 4.78 is 19.4. The molecule has 4 rings (SSSR count). The highest BCUT2D eigenvalue weighted by atomic mass is 32.2. The fourth-order valence-electron chi connectivity index (χ4n) is 3.82. The minimum absolute atomic E-state index is 0.0143. The van der Waals surface area contributed by atoms with E-state index in [1.807, 2.05) is 36.4 Å². The standard InChI is InChI=1S/C25H29N5O5S/c1-4-13-33-25(32)26-20-11-9-19(10-12-20)23-34-21(15-36-24-27-28-29-30(24)3)16(2)22(35-23)18-7-5-17(14-31)6-8-18/h4-12,16,21-23,31H,1,13-15H2,2-3H3,(H,26,32)/t16-,21+,22+,23+/m0/s1. The highest BCUT2D eigenvalue weighted by molar-refractivity contribution is 7.99. The van der Waals surface area contributed by atoms with Crippen molar-refractivity contribution in [2.75, 3.05) is 17.7 Å². The number of carbonyl (C=O) groups excluding carboxylic acids is 1. The van der Waals surface area contributed by atoms with E-state index in [0.29, 0.717) is 16.6 Å². The Labute approximate surface area is 213 Å². The van der Waals surface area contributed by atoms with E-state index in [2.05, 4.69) is 34.3 Å². The molecule has 1 saturated heterocycles. The lowest BCUT2D eigenvalue weighted by molar-refractivity contribution is -0.268. The number of benzene rings is 2. The smallest absolute Gasteiger partial charge is 0.411 e. The van der Waals surface area contributed by atoms with Crippen LogP contribution in [0.1, 0.15) is 36.0 Å². The van der Waals surface area contributed by atoms with Crippen molar-refractivity contribution >= 4 is 23.5 Å². The number of carbonyl (C=O) groups is 1. The Morgan fingerprint density at radius 1 is 1.19 bits per heavy atom. The molecule has 4 atom stereocenters. The Hall–Kier alpha value is -3.25. The molecular formula is C25H29N5O5S. The number of nitrogens with one attached hydrogen (secondary N) is 1. The number of nitrogens with zero attached hydrogens (tertiary/aromatic N) is 4. The first-order chi connectivity index (χ1) is 17.5. The van der Waals surface area contributed by atoms with Crippen LogP contribution in [0.2, 0.25) is 0 Å². The van der Waals surface area contributed by atoms with Crippen molar-refractivity contribution < 1.29 is 24.1 Å². The molecule has 1 aliphatic heterocycles. The second kappa shape index (κ2) is 12.1. The molecule has 0 spiro atoms. The van der Waals surface area contributed by atoms with Crippen LogP contribution in [0, 0.1) is 5.92 Å². The summed E-state index contributed by atoms with van der Waals surface area (Å²) in [6.07, 6.45) is -0.0479. The summed E-state index contributed by atoms with van der Waals surface area (Å²) in [6, 6.07) is 15.0. The molecule has 0 radical (unpaired) electrons. The van der Waals surface area contributed by atoms with E-state index < -0.39 is 12.4 Å².